The molecule has 1 unspecified atom stereocenters. The summed E-state index contributed by atoms with van der Waals surface area (Å²) in [4.78, 5) is 0. The van der Waals surface area contributed by atoms with E-state index in [9.17, 15) is 10.2 Å². The predicted octanol–water partition coefficient (Wildman–Crippen LogP) is 3.92. The Morgan fingerprint density at radius 2 is 1.78 bits per heavy atom. The van der Waals surface area contributed by atoms with Gasteiger partial charge in [-0.3, -0.25) is 0 Å². The van der Waals surface area contributed by atoms with Crippen molar-refractivity contribution in [2.75, 3.05) is 0 Å². The zero-order valence-corrected chi connectivity index (χ0v) is 11.8. The quantitative estimate of drug-likeness (QED) is 0.720. The van der Waals surface area contributed by atoms with E-state index in [0.29, 0.717) is 0 Å². The molecule has 18 heavy (non-hydrogen) atoms. The van der Waals surface area contributed by atoms with Crippen molar-refractivity contribution < 1.29 is 10.2 Å². The number of hydrogen-bond donors (Lipinski definition) is 2. The van der Waals surface area contributed by atoms with E-state index in [1.54, 1.807) is 13.8 Å². The van der Waals surface area contributed by atoms with Crippen LogP contribution in [0.25, 0.3) is 0 Å². The molecular weight excluding hydrogens is 224 g/mol. The number of unbranched alkanes of at least 4 members (excludes halogenated alkanes) is 3. The summed E-state index contributed by atoms with van der Waals surface area (Å²) in [5.41, 5.74) is 0.788. The molecule has 0 aliphatic heterocycles. The van der Waals surface area contributed by atoms with E-state index in [0.717, 1.165) is 30.4 Å². The summed E-state index contributed by atoms with van der Waals surface area (Å²) in [6.07, 6.45) is 4.93. The molecule has 0 saturated heterocycles. The second-order valence-corrected chi connectivity index (χ2v) is 5.51. The number of aliphatic hydroxyl groups excluding tert-OH is 1. The van der Waals surface area contributed by atoms with Crippen LogP contribution in [0.15, 0.2) is 24.3 Å². The largest absolute Gasteiger partial charge is 0.388 e. The minimum Gasteiger partial charge on any atom is -0.388 e. The number of aliphatic hydroxyl groups is 2. The molecule has 2 nitrogen and oxygen atoms in total. The van der Waals surface area contributed by atoms with Gasteiger partial charge in [0, 0.05) is 0 Å². The third kappa shape index (κ3) is 4.43. The van der Waals surface area contributed by atoms with Gasteiger partial charge < -0.3 is 10.2 Å². The van der Waals surface area contributed by atoms with E-state index in [-0.39, 0.29) is 0 Å². The van der Waals surface area contributed by atoms with Gasteiger partial charge in [0.25, 0.3) is 0 Å². The highest BCUT2D eigenvalue weighted by molar-refractivity contribution is 5.33. The molecule has 1 atom stereocenters. The Morgan fingerprint density at radius 3 is 2.39 bits per heavy atom. The van der Waals surface area contributed by atoms with Crippen molar-refractivity contribution in [3.05, 3.63) is 35.4 Å². The number of rotatable bonds is 7. The van der Waals surface area contributed by atoms with Crippen LogP contribution in [0.5, 0.6) is 0 Å². The summed E-state index contributed by atoms with van der Waals surface area (Å²) in [6.45, 7) is 5.70. The average molecular weight is 250 g/mol. The smallest absolute Gasteiger partial charge is 0.0844 e. The van der Waals surface area contributed by atoms with Gasteiger partial charge in [-0.05, 0) is 31.4 Å². The van der Waals surface area contributed by atoms with Gasteiger partial charge in [0.1, 0.15) is 0 Å². The van der Waals surface area contributed by atoms with Crippen LogP contribution in [0.3, 0.4) is 0 Å². The van der Waals surface area contributed by atoms with Crippen LogP contribution >= 0.6 is 0 Å². The SMILES string of the molecule is CCCCCCC(O)c1ccccc1C(C)(C)O. The van der Waals surface area contributed by atoms with Gasteiger partial charge >= 0.3 is 0 Å². The third-order valence-electron chi connectivity index (χ3n) is 3.31. The van der Waals surface area contributed by atoms with Crippen LogP contribution in [0.4, 0.5) is 0 Å². The van der Waals surface area contributed by atoms with Crippen molar-refractivity contribution in [2.45, 2.75) is 64.6 Å². The molecule has 1 rings (SSSR count). The maximum atomic E-state index is 10.3. The highest BCUT2D eigenvalue weighted by Gasteiger charge is 2.22. The molecule has 0 heterocycles. The first-order chi connectivity index (χ1) is 8.46. The maximum absolute atomic E-state index is 10.3. The number of hydrogen-bond acceptors (Lipinski definition) is 2. The van der Waals surface area contributed by atoms with Crippen LogP contribution in [0, 0.1) is 0 Å². The first kappa shape index (κ1) is 15.2. The second kappa shape index (κ2) is 6.91. The molecule has 0 aliphatic carbocycles. The van der Waals surface area contributed by atoms with Gasteiger partial charge in [-0.25, -0.2) is 0 Å². The van der Waals surface area contributed by atoms with Crippen LogP contribution in [0.2, 0.25) is 0 Å². The fourth-order valence-electron chi connectivity index (χ4n) is 2.26. The van der Waals surface area contributed by atoms with E-state index in [1.807, 2.05) is 24.3 Å². The van der Waals surface area contributed by atoms with Crippen molar-refractivity contribution in [1.82, 2.24) is 0 Å². The molecule has 0 aromatic heterocycles. The first-order valence-corrected chi connectivity index (χ1v) is 6.96. The molecule has 102 valence electrons. The van der Waals surface area contributed by atoms with E-state index in [2.05, 4.69) is 6.92 Å². The van der Waals surface area contributed by atoms with Gasteiger partial charge in [-0.2, -0.15) is 0 Å². The summed E-state index contributed by atoms with van der Waals surface area (Å²) >= 11 is 0. The Bertz CT molecular complexity index is 352. The van der Waals surface area contributed by atoms with Gasteiger partial charge in [0.2, 0.25) is 0 Å². The molecule has 1 aromatic rings. The first-order valence-electron chi connectivity index (χ1n) is 6.96. The lowest BCUT2D eigenvalue weighted by molar-refractivity contribution is 0.0720. The minimum atomic E-state index is -0.902. The predicted molar refractivity (Wildman–Crippen MR) is 75.4 cm³/mol. The molecule has 1 aromatic carbocycles. The molecule has 2 N–H and O–H groups in total. The molecule has 0 radical (unpaired) electrons. The topological polar surface area (TPSA) is 40.5 Å². The van der Waals surface area contributed by atoms with Crippen molar-refractivity contribution in [3.8, 4) is 0 Å². The van der Waals surface area contributed by atoms with Crippen molar-refractivity contribution >= 4 is 0 Å². The molecule has 0 fully saturated rings. The monoisotopic (exact) mass is 250 g/mol. The fourth-order valence-corrected chi connectivity index (χ4v) is 2.26. The van der Waals surface area contributed by atoms with Gasteiger partial charge in [-0.15, -0.1) is 0 Å². The summed E-state index contributed by atoms with van der Waals surface area (Å²) in [5.74, 6) is 0. The van der Waals surface area contributed by atoms with Crippen molar-refractivity contribution in [1.29, 1.82) is 0 Å². The van der Waals surface area contributed by atoms with E-state index in [4.69, 9.17) is 0 Å². The fraction of sp³-hybridized carbons (Fsp3) is 0.625. The molecule has 0 aliphatic rings. The minimum absolute atomic E-state index is 0.468. The van der Waals surface area contributed by atoms with Crippen LogP contribution in [-0.2, 0) is 5.60 Å². The standard InChI is InChI=1S/C16H26O2/c1-4-5-6-7-12-15(17)13-10-8-9-11-14(13)16(2,3)18/h8-11,15,17-18H,4-7,12H2,1-3H3. The van der Waals surface area contributed by atoms with Gasteiger partial charge in [0.15, 0.2) is 0 Å². The van der Waals surface area contributed by atoms with Crippen LogP contribution < -0.4 is 0 Å². The third-order valence-corrected chi connectivity index (χ3v) is 3.31. The highest BCUT2D eigenvalue weighted by atomic mass is 16.3. The lowest BCUT2D eigenvalue weighted by Crippen LogP contribution is -2.19. The van der Waals surface area contributed by atoms with E-state index in [1.165, 1.54) is 12.8 Å². The zero-order valence-electron chi connectivity index (χ0n) is 11.8. The molecule has 0 bridgehead atoms. The van der Waals surface area contributed by atoms with E-state index < -0.39 is 11.7 Å². The maximum Gasteiger partial charge on any atom is 0.0844 e. The summed E-state index contributed by atoms with van der Waals surface area (Å²) < 4.78 is 0. The highest BCUT2D eigenvalue weighted by Crippen LogP contribution is 2.30. The molecule has 0 spiro atoms. The zero-order chi connectivity index (χ0) is 13.6. The summed E-state index contributed by atoms with van der Waals surface area (Å²) in [7, 11) is 0. The Labute approximate surface area is 111 Å². The van der Waals surface area contributed by atoms with Gasteiger partial charge in [-0.1, -0.05) is 56.9 Å². The number of benzene rings is 1. The Kier molecular flexibility index (Phi) is 5.83. The lowest BCUT2D eigenvalue weighted by Gasteiger charge is -2.24. The van der Waals surface area contributed by atoms with Crippen LogP contribution in [-0.4, -0.2) is 10.2 Å². The van der Waals surface area contributed by atoms with Crippen molar-refractivity contribution in [3.63, 3.8) is 0 Å². The average Bonchev–Trinajstić information content (AvgIpc) is 2.33. The molecule has 2 heteroatoms. The van der Waals surface area contributed by atoms with Gasteiger partial charge in [0.05, 0.1) is 11.7 Å². The molecular formula is C16H26O2. The summed E-state index contributed by atoms with van der Waals surface area (Å²) in [5, 5.41) is 20.4. The Balaban J connectivity index is 2.70. The van der Waals surface area contributed by atoms with Crippen molar-refractivity contribution in [2.24, 2.45) is 0 Å². The Hall–Kier alpha value is -0.860. The second-order valence-electron chi connectivity index (χ2n) is 5.51. The Morgan fingerprint density at radius 1 is 1.11 bits per heavy atom. The summed E-state index contributed by atoms with van der Waals surface area (Å²) in [6, 6.07) is 7.63. The lowest BCUT2D eigenvalue weighted by atomic mass is 9.89. The normalized spacial score (nSPS) is 13.6. The van der Waals surface area contributed by atoms with Crippen LogP contribution in [0.1, 0.15) is 70.1 Å². The van der Waals surface area contributed by atoms with E-state index >= 15 is 0 Å². The molecule has 0 saturated carbocycles. The molecule has 0 amide bonds.